The van der Waals surface area contributed by atoms with E-state index in [1.54, 1.807) is 26.8 Å². The van der Waals surface area contributed by atoms with Crippen molar-refractivity contribution in [3.8, 4) is 0 Å². The van der Waals surface area contributed by atoms with Crippen molar-refractivity contribution in [2.45, 2.75) is 45.6 Å². The number of hydrogen-bond donors (Lipinski definition) is 2. The minimum atomic E-state index is -0.570. The highest BCUT2D eigenvalue weighted by atomic mass is 19.1. The van der Waals surface area contributed by atoms with Crippen LogP contribution in [0.5, 0.6) is 0 Å². The van der Waals surface area contributed by atoms with Gasteiger partial charge in [0.2, 0.25) is 0 Å². The summed E-state index contributed by atoms with van der Waals surface area (Å²) in [4.78, 5) is 11.8. The molecule has 0 saturated heterocycles. The van der Waals surface area contributed by atoms with Gasteiger partial charge in [-0.05, 0) is 64.2 Å². The molecule has 1 aliphatic rings. The molecule has 126 valence electrons. The van der Waals surface area contributed by atoms with E-state index in [9.17, 15) is 9.18 Å². The van der Waals surface area contributed by atoms with Crippen molar-refractivity contribution in [3.63, 3.8) is 0 Å². The number of nitrogens with one attached hydrogen (secondary N) is 2. The maximum atomic E-state index is 13.9. The van der Waals surface area contributed by atoms with Crippen LogP contribution in [0.3, 0.4) is 0 Å². The Morgan fingerprint density at radius 3 is 2.78 bits per heavy atom. The van der Waals surface area contributed by atoms with Crippen LogP contribution in [-0.4, -0.2) is 18.2 Å². The molecule has 0 saturated carbocycles. The lowest BCUT2D eigenvalue weighted by Crippen LogP contribution is -2.27. The first-order valence-corrected chi connectivity index (χ1v) is 8.02. The summed E-state index contributed by atoms with van der Waals surface area (Å²) in [7, 11) is 0. The molecule has 2 N–H and O–H groups in total. The second-order valence-corrected chi connectivity index (χ2v) is 6.85. The SMILES string of the molecule is CC(C)(C)OC(=O)Nc1ccc(F)c(NCC2CC=CCC2)c1. The Morgan fingerprint density at radius 1 is 1.35 bits per heavy atom. The monoisotopic (exact) mass is 320 g/mol. The van der Waals surface area contributed by atoms with E-state index in [0.29, 0.717) is 17.3 Å². The third-order valence-corrected chi connectivity index (χ3v) is 3.57. The van der Waals surface area contributed by atoms with E-state index in [-0.39, 0.29) is 5.82 Å². The lowest BCUT2D eigenvalue weighted by molar-refractivity contribution is 0.0636. The van der Waals surface area contributed by atoms with E-state index in [0.717, 1.165) is 25.8 Å². The van der Waals surface area contributed by atoms with Gasteiger partial charge < -0.3 is 10.1 Å². The maximum Gasteiger partial charge on any atom is 0.412 e. The Labute approximate surface area is 137 Å². The predicted molar refractivity (Wildman–Crippen MR) is 91.2 cm³/mol. The maximum absolute atomic E-state index is 13.9. The number of carbonyl (C=O) groups excluding carboxylic acids is 1. The molecule has 0 aliphatic heterocycles. The van der Waals surface area contributed by atoms with Crippen molar-refractivity contribution in [1.29, 1.82) is 0 Å². The van der Waals surface area contributed by atoms with Crippen LogP contribution in [0.1, 0.15) is 40.0 Å². The van der Waals surface area contributed by atoms with E-state index in [2.05, 4.69) is 22.8 Å². The van der Waals surface area contributed by atoms with Gasteiger partial charge in [0.1, 0.15) is 11.4 Å². The summed E-state index contributed by atoms with van der Waals surface area (Å²) in [6, 6.07) is 4.46. The van der Waals surface area contributed by atoms with Gasteiger partial charge in [0.25, 0.3) is 0 Å². The molecular weight excluding hydrogens is 295 g/mol. The predicted octanol–water partition coefficient (Wildman–Crippen LogP) is 4.94. The molecule has 1 amide bonds. The summed E-state index contributed by atoms with van der Waals surface area (Å²) in [6.07, 6.45) is 7.02. The second kappa shape index (κ2) is 7.49. The van der Waals surface area contributed by atoms with Crippen LogP contribution in [0.15, 0.2) is 30.4 Å². The molecule has 1 atom stereocenters. The summed E-state index contributed by atoms with van der Waals surface area (Å²) in [6.45, 7) is 6.10. The minimum Gasteiger partial charge on any atom is -0.444 e. The van der Waals surface area contributed by atoms with Gasteiger partial charge in [-0.3, -0.25) is 5.32 Å². The smallest absolute Gasteiger partial charge is 0.412 e. The third-order valence-electron chi connectivity index (χ3n) is 3.57. The van der Waals surface area contributed by atoms with Gasteiger partial charge in [-0.1, -0.05) is 12.2 Å². The molecule has 0 heterocycles. The van der Waals surface area contributed by atoms with Gasteiger partial charge in [-0.2, -0.15) is 0 Å². The molecule has 5 heteroatoms. The molecule has 0 aromatic heterocycles. The standard InChI is InChI=1S/C18H25FN2O2/c1-18(2,3)23-17(22)21-14-9-10-15(19)16(11-14)20-12-13-7-5-4-6-8-13/h4-5,9-11,13,20H,6-8,12H2,1-3H3,(H,21,22). The largest absolute Gasteiger partial charge is 0.444 e. The molecule has 0 radical (unpaired) electrons. The van der Waals surface area contributed by atoms with Gasteiger partial charge >= 0.3 is 6.09 Å². The number of ether oxygens (including phenoxy) is 1. The Hall–Kier alpha value is -2.04. The van der Waals surface area contributed by atoms with E-state index < -0.39 is 11.7 Å². The summed E-state index contributed by atoms with van der Waals surface area (Å²) in [5, 5.41) is 5.77. The summed E-state index contributed by atoms with van der Waals surface area (Å²) < 4.78 is 19.1. The highest BCUT2D eigenvalue weighted by Crippen LogP contribution is 2.23. The summed E-state index contributed by atoms with van der Waals surface area (Å²) in [5.74, 6) is 0.188. The molecule has 1 aromatic rings. The molecular formula is C18H25FN2O2. The second-order valence-electron chi connectivity index (χ2n) is 6.85. The van der Waals surface area contributed by atoms with Crippen molar-refractivity contribution in [1.82, 2.24) is 0 Å². The van der Waals surface area contributed by atoms with Crippen LogP contribution < -0.4 is 10.6 Å². The molecule has 0 fully saturated rings. The molecule has 1 aliphatic carbocycles. The van der Waals surface area contributed by atoms with Crippen LogP contribution in [-0.2, 0) is 4.74 Å². The van der Waals surface area contributed by atoms with Crippen molar-refractivity contribution in [2.75, 3.05) is 17.2 Å². The van der Waals surface area contributed by atoms with Crippen LogP contribution in [0.2, 0.25) is 0 Å². The van der Waals surface area contributed by atoms with Crippen LogP contribution in [0.25, 0.3) is 0 Å². The fourth-order valence-corrected chi connectivity index (χ4v) is 2.46. The first-order valence-electron chi connectivity index (χ1n) is 8.02. The zero-order valence-corrected chi connectivity index (χ0v) is 14.0. The number of hydrogen-bond acceptors (Lipinski definition) is 3. The minimum absolute atomic E-state index is 0.328. The molecule has 1 aromatic carbocycles. The lowest BCUT2D eigenvalue weighted by atomic mass is 9.94. The number of rotatable bonds is 4. The number of allylic oxidation sites excluding steroid dienone is 2. The summed E-state index contributed by atoms with van der Waals surface area (Å²) in [5.41, 5.74) is 0.333. The van der Waals surface area contributed by atoms with Gasteiger partial charge in [0, 0.05) is 12.2 Å². The highest BCUT2D eigenvalue weighted by Gasteiger charge is 2.17. The van der Waals surface area contributed by atoms with Gasteiger partial charge in [-0.25, -0.2) is 9.18 Å². The average Bonchev–Trinajstić information content (AvgIpc) is 2.47. The highest BCUT2D eigenvalue weighted by molar-refractivity contribution is 5.85. The first-order chi connectivity index (χ1) is 10.8. The number of amides is 1. The van der Waals surface area contributed by atoms with Gasteiger partial charge in [-0.15, -0.1) is 0 Å². The van der Waals surface area contributed by atoms with Crippen molar-refractivity contribution < 1.29 is 13.9 Å². The number of benzene rings is 1. The van der Waals surface area contributed by atoms with Gasteiger partial charge in [0.05, 0.1) is 5.69 Å². The Kier molecular flexibility index (Phi) is 5.64. The fourth-order valence-electron chi connectivity index (χ4n) is 2.46. The van der Waals surface area contributed by atoms with Crippen LogP contribution in [0.4, 0.5) is 20.6 Å². The Bertz CT molecular complexity index is 579. The van der Waals surface area contributed by atoms with Crippen molar-refractivity contribution >= 4 is 17.5 Å². The van der Waals surface area contributed by atoms with E-state index in [1.807, 2.05) is 0 Å². The quantitative estimate of drug-likeness (QED) is 0.772. The third kappa shape index (κ3) is 5.93. The first kappa shape index (κ1) is 17.3. The molecule has 4 nitrogen and oxygen atoms in total. The zero-order valence-electron chi connectivity index (χ0n) is 14.0. The zero-order chi connectivity index (χ0) is 16.9. The molecule has 0 spiro atoms. The average molecular weight is 320 g/mol. The molecule has 23 heavy (non-hydrogen) atoms. The Morgan fingerprint density at radius 2 is 2.13 bits per heavy atom. The van der Waals surface area contributed by atoms with Crippen molar-refractivity contribution in [2.24, 2.45) is 5.92 Å². The molecule has 1 unspecified atom stereocenters. The van der Waals surface area contributed by atoms with E-state index in [4.69, 9.17) is 4.74 Å². The Balaban J connectivity index is 1.95. The van der Waals surface area contributed by atoms with E-state index >= 15 is 0 Å². The molecule has 2 rings (SSSR count). The fraction of sp³-hybridized carbons (Fsp3) is 0.500. The van der Waals surface area contributed by atoms with Gasteiger partial charge in [0.15, 0.2) is 0 Å². The van der Waals surface area contributed by atoms with Crippen LogP contribution >= 0.6 is 0 Å². The summed E-state index contributed by atoms with van der Waals surface area (Å²) >= 11 is 0. The molecule has 0 bridgehead atoms. The number of halogens is 1. The lowest BCUT2D eigenvalue weighted by Gasteiger charge is -2.21. The van der Waals surface area contributed by atoms with E-state index in [1.165, 1.54) is 12.1 Å². The number of anilines is 2. The normalized spacial score (nSPS) is 17.7. The number of carbonyl (C=O) groups is 1. The van der Waals surface area contributed by atoms with Crippen LogP contribution in [0, 0.1) is 11.7 Å². The topological polar surface area (TPSA) is 50.4 Å². The van der Waals surface area contributed by atoms with Crippen molar-refractivity contribution in [3.05, 3.63) is 36.2 Å².